The van der Waals surface area contributed by atoms with E-state index in [0.717, 1.165) is 44.0 Å². The molecule has 2 aromatic rings. The van der Waals surface area contributed by atoms with Gasteiger partial charge < -0.3 is 15.3 Å². The number of hydrogen-bond acceptors (Lipinski definition) is 5. The Labute approximate surface area is 153 Å². The Morgan fingerprint density at radius 3 is 2.81 bits per heavy atom. The maximum absolute atomic E-state index is 9.09. The molecule has 0 atom stereocenters. The van der Waals surface area contributed by atoms with Crippen LogP contribution in [0.15, 0.2) is 53.7 Å². The van der Waals surface area contributed by atoms with Crippen molar-refractivity contribution in [1.29, 1.82) is 5.26 Å². The van der Waals surface area contributed by atoms with Crippen LogP contribution in [0.1, 0.15) is 22.3 Å². The molecule has 1 aliphatic heterocycles. The van der Waals surface area contributed by atoms with Crippen molar-refractivity contribution in [3.05, 3.63) is 70.8 Å². The van der Waals surface area contributed by atoms with Gasteiger partial charge in [-0.05, 0) is 17.7 Å². The van der Waals surface area contributed by atoms with Crippen LogP contribution >= 0.6 is 0 Å². The van der Waals surface area contributed by atoms with Crippen LogP contribution < -0.4 is 5.73 Å². The Hall–Kier alpha value is -2.88. The number of amidine groups is 1. The second-order valence-corrected chi connectivity index (χ2v) is 6.11. The molecule has 2 aromatic carbocycles. The molecule has 0 spiro atoms. The molecule has 3 rings (SSSR count). The smallest absolute Gasteiger partial charge is 0.170 e. The summed E-state index contributed by atoms with van der Waals surface area (Å²) < 4.78 is 5.38. The molecule has 2 N–H and O–H groups in total. The fourth-order valence-electron chi connectivity index (χ4n) is 2.83. The van der Waals surface area contributed by atoms with Crippen LogP contribution in [0.3, 0.4) is 0 Å². The van der Waals surface area contributed by atoms with Gasteiger partial charge in [0.25, 0.3) is 0 Å². The SMILES string of the molecule is N#Cc1ccccc1CON=C(N)c1cccc(CN2CCOCC2)c1. The summed E-state index contributed by atoms with van der Waals surface area (Å²) in [6.07, 6.45) is 0. The van der Waals surface area contributed by atoms with E-state index in [0.29, 0.717) is 11.4 Å². The minimum absolute atomic E-state index is 0.206. The number of nitriles is 1. The first-order chi connectivity index (χ1) is 12.8. The fraction of sp³-hybridized carbons (Fsp3) is 0.300. The number of oxime groups is 1. The quantitative estimate of drug-likeness (QED) is 0.491. The van der Waals surface area contributed by atoms with Crippen molar-refractivity contribution in [2.75, 3.05) is 26.3 Å². The molecular weight excluding hydrogens is 328 g/mol. The molecule has 0 radical (unpaired) electrons. The molecule has 0 aromatic heterocycles. The van der Waals surface area contributed by atoms with Gasteiger partial charge in [-0.25, -0.2) is 0 Å². The third-order valence-corrected chi connectivity index (χ3v) is 4.25. The van der Waals surface area contributed by atoms with Gasteiger partial charge in [-0.1, -0.05) is 41.6 Å². The van der Waals surface area contributed by atoms with Crippen molar-refractivity contribution in [3.8, 4) is 6.07 Å². The van der Waals surface area contributed by atoms with Crippen molar-refractivity contribution in [3.63, 3.8) is 0 Å². The fourth-order valence-corrected chi connectivity index (χ4v) is 2.83. The summed E-state index contributed by atoms with van der Waals surface area (Å²) in [7, 11) is 0. The van der Waals surface area contributed by atoms with Crippen LogP contribution in [0.25, 0.3) is 0 Å². The highest BCUT2D eigenvalue weighted by molar-refractivity contribution is 5.97. The monoisotopic (exact) mass is 350 g/mol. The van der Waals surface area contributed by atoms with Crippen LogP contribution in [0.2, 0.25) is 0 Å². The van der Waals surface area contributed by atoms with Crippen LogP contribution in [-0.2, 0) is 22.7 Å². The first-order valence-electron chi connectivity index (χ1n) is 8.59. The molecule has 1 aliphatic rings. The second kappa shape index (κ2) is 8.99. The maximum Gasteiger partial charge on any atom is 0.170 e. The summed E-state index contributed by atoms with van der Waals surface area (Å²) >= 11 is 0. The van der Waals surface area contributed by atoms with E-state index >= 15 is 0 Å². The Morgan fingerprint density at radius 2 is 2.00 bits per heavy atom. The molecule has 0 unspecified atom stereocenters. The van der Waals surface area contributed by atoms with Gasteiger partial charge in [0.15, 0.2) is 5.84 Å². The zero-order valence-electron chi connectivity index (χ0n) is 14.6. The Morgan fingerprint density at radius 1 is 1.19 bits per heavy atom. The second-order valence-electron chi connectivity index (χ2n) is 6.11. The standard InChI is InChI=1S/C20H22N4O2/c21-13-18-5-1-2-6-19(18)15-26-23-20(22)17-7-3-4-16(12-17)14-24-8-10-25-11-9-24/h1-7,12H,8-11,14-15H2,(H2,22,23). The predicted octanol–water partition coefficient (Wildman–Crippen LogP) is 2.23. The summed E-state index contributed by atoms with van der Waals surface area (Å²) in [5.41, 5.74) is 9.42. The molecule has 26 heavy (non-hydrogen) atoms. The first kappa shape index (κ1) is 17.9. The summed E-state index contributed by atoms with van der Waals surface area (Å²) in [6, 6.07) is 17.4. The summed E-state index contributed by atoms with van der Waals surface area (Å²) in [5.74, 6) is 0.322. The van der Waals surface area contributed by atoms with Gasteiger partial charge in [-0.3, -0.25) is 4.90 Å². The number of nitrogens with zero attached hydrogens (tertiary/aromatic N) is 3. The zero-order valence-corrected chi connectivity index (χ0v) is 14.6. The lowest BCUT2D eigenvalue weighted by atomic mass is 10.1. The highest BCUT2D eigenvalue weighted by Gasteiger charge is 2.11. The normalized spacial score (nSPS) is 15.4. The lowest BCUT2D eigenvalue weighted by molar-refractivity contribution is 0.0342. The van der Waals surface area contributed by atoms with Crippen molar-refractivity contribution in [2.24, 2.45) is 10.9 Å². The number of hydrogen-bond donors (Lipinski definition) is 1. The van der Waals surface area contributed by atoms with Crippen LogP contribution in [-0.4, -0.2) is 37.0 Å². The van der Waals surface area contributed by atoms with E-state index in [9.17, 15) is 0 Å². The number of morpholine rings is 1. The van der Waals surface area contributed by atoms with E-state index in [4.69, 9.17) is 20.6 Å². The van der Waals surface area contributed by atoms with E-state index < -0.39 is 0 Å². The van der Waals surface area contributed by atoms with E-state index in [1.165, 1.54) is 5.56 Å². The number of ether oxygens (including phenoxy) is 1. The minimum Gasteiger partial charge on any atom is -0.389 e. The molecule has 0 saturated carbocycles. The third kappa shape index (κ3) is 4.82. The van der Waals surface area contributed by atoms with Gasteiger partial charge in [0, 0.05) is 30.8 Å². The van der Waals surface area contributed by atoms with E-state index in [1.807, 2.05) is 36.4 Å². The van der Waals surface area contributed by atoms with Crippen molar-refractivity contribution >= 4 is 5.84 Å². The molecule has 6 nitrogen and oxygen atoms in total. The largest absolute Gasteiger partial charge is 0.389 e. The lowest BCUT2D eigenvalue weighted by Gasteiger charge is -2.26. The third-order valence-electron chi connectivity index (χ3n) is 4.25. The molecule has 0 bridgehead atoms. The first-order valence-corrected chi connectivity index (χ1v) is 8.59. The van der Waals surface area contributed by atoms with Gasteiger partial charge in [0.2, 0.25) is 0 Å². The van der Waals surface area contributed by atoms with Gasteiger partial charge in [0.1, 0.15) is 6.61 Å². The highest BCUT2D eigenvalue weighted by atomic mass is 16.6. The lowest BCUT2D eigenvalue weighted by Crippen LogP contribution is -2.35. The van der Waals surface area contributed by atoms with Gasteiger partial charge in [0.05, 0.1) is 24.8 Å². The van der Waals surface area contributed by atoms with Crippen LogP contribution in [0, 0.1) is 11.3 Å². The number of rotatable bonds is 6. The summed E-state index contributed by atoms with van der Waals surface area (Å²) in [4.78, 5) is 7.71. The van der Waals surface area contributed by atoms with Gasteiger partial charge in [-0.15, -0.1) is 0 Å². The molecule has 0 aliphatic carbocycles. The molecule has 1 fully saturated rings. The van der Waals surface area contributed by atoms with E-state index in [1.54, 1.807) is 6.07 Å². The maximum atomic E-state index is 9.09. The van der Waals surface area contributed by atoms with E-state index in [-0.39, 0.29) is 6.61 Å². The average molecular weight is 350 g/mol. The minimum atomic E-state index is 0.206. The highest BCUT2D eigenvalue weighted by Crippen LogP contribution is 2.11. The van der Waals surface area contributed by atoms with Crippen molar-refractivity contribution < 1.29 is 9.57 Å². The van der Waals surface area contributed by atoms with Crippen molar-refractivity contribution in [1.82, 2.24) is 4.90 Å². The van der Waals surface area contributed by atoms with Crippen molar-refractivity contribution in [2.45, 2.75) is 13.2 Å². The molecule has 0 amide bonds. The topological polar surface area (TPSA) is 83.9 Å². The molecule has 134 valence electrons. The Bertz CT molecular complexity index is 807. The Balaban J connectivity index is 1.61. The average Bonchev–Trinajstić information content (AvgIpc) is 2.69. The molecule has 1 saturated heterocycles. The molecule has 6 heteroatoms. The zero-order chi connectivity index (χ0) is 18.2. The number of benzene rings is 2. The van der Waals surface area contributed by atoms with E-state index in [2.05, 4.69) is 22.2 Å². The molecular formula is C20H22N4O2. The summed E-state index contributed by atoms with van der Waals surface area (Å²) in [5, 5.41) is 13.1. The molecule has 1 heterocycles. The van der Waals surface area contributed by atoms with Gasteiger partial charge >= 0.3 is 0 Å². The predicted molar refractivity (Wildman–Crippen MR) is 99.2 cm³/mol. The number of nitrogens with two attached hydrogens (primary N) is 1. The van der Waals surface area contributed by atoms with Crippen LogP contribution in [0.4, 0.5) is 0 Å². The summed E-state index contributed by atoms with van der Waals surface area (Å²) in [6.45, 7) is 4.51. The van der Waals surface area contributed by atoms with Crippen LogP contribution in [0.5, 0.6) is 0 Å². The van der Waals surface area contributed by atoms with Gasteiger partial charge in [-0.2, -0.15) is 5.26 Å². The Kier molecular flexibility index (Phi) is 6.20.